The van der Waals surface area contributed by atoms with Crippen molar-refractivity contribution in [2.75, 3.05) is 26.2 Å². The van der Waals surface area contributed by atoms with Crippen LogP contribution in [0.5, 0.6) is 0 Å². The Kier molecular flexibility index (Phi) is 5.55. The van der Waals surface area contributed by atoms with Crippen LogP contribution in [0.15, 0.2) is 18.2 Å². The second kappa shape index (κ2) is 7.40. The minimum absolute atomic E-state index is 0.00362. The Hall–Kier alpha value is -1.88. The highest BCUT2D eigenvalue weighted by atomic mass is 16.2. The minimum Gasteiger partial charge on any atom is -0.355 e. The lowest BCUT2D eigenvalue weighted by Gasteiger charge is -2.32. The summed E-state index contributed by atoms with van der Waals surface area (Å²) in [5.74, 6) is -0.101. The van der Waals surface area contributed by atoms with E-state index in [1.165, 1.54) is 0 Å². The molecule has 1 heterocycles. The van der Waals surface area contributed by atoms with Crippen LogP contribution in [0.3, 0.4) is 0 Å². The van der Waals surface area contributed by atoms with Crippen LogP contribution in [-0.4, -0.2) is 42.9 Å². The van der Waals surface area contributed by atoms with E-state index in [1.54, 1.807) is 4.90 Å². The summed E-state index contributed by atoms with van der Waals surface area (Å²) in [7, 11) is 0. The van der Waals surface area contributed by atoms with E-state index >= 15 is 0 Å². The lowest BCUT2D eigenvalue weighted by atomic mass is 9.95. The predicted molar refractivity (Wildman–Crippen MR) is 86.6 cm³/mol. The van der Waals surface area contributed by atoms with Crippen molar-refractivity contribution < 1.29 is 9.59 Å². The van der Waals surface area contributed by atoms with E-state index in [9.17, 15) is 9.59 Å². The fourth-order valence-electron chi connectivity index (χ4n) is 2.87. The highest BCUT2D eigenvalue weighted by molar-refractivity contribution is 5.96. The van der Waals surface area contributed by atoms with Crippen LogP contribution in [-0.2, 0) is 4.79 Å². The van der Waals surface area contributed by atoms with Gasteiger partial charge in [-0.15, -0.1) is 0 Å². The van der Waals surface area contributed by atoms with Gasteiger partial charge >= 0.3 is 0 Å². The van der Waals surface area contributed by atoms with Gasteiger partial charge in [0, 0.05) is 31.7 Å². The highest BCUT2D eigenvalue weighted by Gasteiger charge is 2.29. The van der Waals surface area contributed by atoms with Gasteiger partial charge in [-0.05, 0) is 43.9 Å². The first kappa shape index (κ1) is 16.5. The number of carbonyl (C=O) groups excluding carboxylic acids is 2. The number of nitrogens with one attached hydrogen (secondary N) is 1. The zero-order valence-corrected chi connectivity index (χ0v) is 13.4. The van der Waals surface area contributed by atoms with Crippen LogP contribution in [0.1, 0.15) is 34.3 Å². The number of aryl methyl sites for hydroxylation is 1. The Balaban J connectivity index is 2.07. The molecule has 1 atom stereocenters. The maximum Gasteiger partial charge on any atom is 0.254 e. The highest BCUT2D eigenvalue weighted by Crippen LogP contribution is 2.21. The maximum absolute atomic E-state index is 12.7. The van der Waals surface area contributed by atoms with Crippen molar-refractivity contribution >= 4 is 11.8 Å². The molecule has 5 nitrogen and oxygen atoms in total. The van der Waals surface area contributed by atoms with Crippen LogP contribution in [0.4, 0.5) is 0 Å². The molecule has 0 bridgehead atoms. The molecule has 5 heteroatoms. The van der Waals surface area contributed by atoms with Crippen molar-refractivity contribution in [2.24, 2.45) is 11.7 Å². The molecule has 0 saturated carbocycles. The maximum atomic E-state index is 12.7. The van der Waals surface area contributed by atoms with E-state index in [-0.39, 0.29) is 17.7 Å². The molecule has 0 radical (unpaired) electrons. The summed E-state index contributed by atoms with van der Waals surface area (Å²) < 4.78 is 0. The first-order valence-electron chi connectivity index (χ1n) is 7.88. The Morgan fingerprint density at radius 1 is 1.36 bits per heavy atom. The van der Waals surface area contributed by atoms with E-state index < -0.39 is 0 Å². The standard InChI is InChI=1S/C17H25N3O2/c1-12-5-3-7-15(13(12)2)17(22)20-10-4-6-14(11-20)16(21)19-9-8-18/h3,5,7,14H,4,6,8-11,18H2,1-2H3,(H,19,21). The SMILES string of the molecule is Cc1cccc(C(=O)N2CCCC(C(=O)NCCN)C2)c1C. The fourth-order valence-corrected chi connectivity index (χ4v) is 2.87. The molecule has 120 valence electrons. The molecule has 1 aromatic rings. The number of carbonyl (C=O) groups is 2. The summed E-state index contributed by atoms with van der Waals surface area (Å²) in [6.45, 7) is 6.10. The van der Waals surface area contributed by atoms with Crippen LogP contribution in [0, 0.1) is 19.8 Å². The number of nitrogens with zero attached hydrogens (tertiary/aromatic N) is 1. The van der Waals surface area contributed by atoms with Gasteiger partial charge in [-0.25, -0.2) is 0 Å². The van der Waals surface area contributed by atoms with Gasteiger partial charge in [-0.2, -0.15) is 0 Å². The fraction of sp³-hybridized carbons (Fsp3) is 0.529. The predicted octanol–water partition coefficient (Wildman–Crippen LogP) is 1.23. The Morgan fingerprint density at radius 2 is 2.14 bits per heavy atom. The monoisotopic (exact) mass is 303 g/mol. The smallest absolute Gasteiger partial charge is 0.254 e. The average Bonchev–Trinajstić information content (AvgIpc) is 2.54. The summed E-state index contributed by atoms with van der Waals surface area (Å²) in [6, 6.07) is 5.78. The molecule has 0 aliphatic carbocycles. The van der Waals surface area contributed by atoms with Crippen molar-refractivity contribution in [1.82, 2.24) is 10.2 Å². The third-order valence-corrected chi connectivity index (χ3v) is 4.36. The van der Waals surface area contributed by atoms with E-state index in [4.69, 9.17) is 5.73 Å². The lowest BCUT2D eigenvalue weighted by Crippen LogP contribution is -2.46. The van der Waals surface area contributed by atoms with E-state index in [0.29, 0.717) is 26.2 Å². The zero-order valence-electron chi connectivity index (χ0n) is 13.4. The summed E-state index contributed by atoms with van der Waals surface area (Å²) in [5, 5.41) is 2.82. The van der Waals surface area contributed by atoms with E-state index in [2.05, 4.69) is 5.32 Å². The van der Waals surface area contributed by atoms with Gasteiger partial charge in [0.2, 0.25) is 5.91 Å². The Labute approximate surface area is 131 Å². The molecule has 1 saturated heterocycles. The summed E-state index contributed by atoms with van der Waals surface area (Å²) in [4.78, 5) is 26.6. The average molecular weight is 303 g/mol. The van der Waals surface area contributed by atoms with Crippen molar-refractivity contribution in [3.63, 3.8) is 0 Å². The van der Waals surface area contributed by atoms with Crippen molar-refractivity contribution in [3.05, 3.63) is 34.9 Å². The third-order valence-electron chi connectivity index (χ3n) is 4.36. The first-order valence-corrected chi connectivity index (χ1v) is 7.88. The Bertz CT molecular complexity index is 557. The molecule has 2 amide bonds. The van der Waals surface area contributed by atoms with Gasteiger partial charge in [-0.3, -0.25) is 9.59 Å². The molecule has 3 N–H and O–H groups in total. The molecule has 0 aromatic heterocycles. The molecule has 22 heavy (non-hydrogen) atoms. The molecule has 1 fully saturated rings. The number of rotatable bonds is 4. The molecule has 1 aliphatic heterocycles. The largest absolute Gasteiger partial charge is 0.355 e. The third kappa shape index (κ3) is 3.65. The summed E-state index contributed by atoms with van der Waals surface area (Å²) in [5.41, 5.74) is 8.28. The molecule has 1 aliphatic rings. The minimum atomic E-state index is -0.130. The molecule has 0 spiro atoms. The topological polar surface area (TPSA) is 75.4 Å². The number of piperidine rings is 1. The van der Waals surface area contributed by atoms with Crippen LogP contribution in [0.25, 0.3) is 0 Å². The van der Waals surface area contributed by atoms with Crippen LogP contribution >= 0.6 is 0 Å². The molecule has 2 rings (SSSR count). The van der Waals surface area contributed by atoms with E-state index in [0.717, 1.165) is 29.5 Å². The van der Waals surface area contributed by atoms with Crippen molar-refractivity contribution in [3.8, 4) is 0 Å². The van der Waals surface area contributed by atoms with Gasteiger partial charge in [0.15, 0.2) is 0 Å². The molecular formula is C17H25N3O2. The summed E-state index contributed by atoms with van der Waals surface area (Å²) in [6.07, 6.45) is 1.68. The quantitative estimate of drug-likeness (QED) is 0.878. The second-order valence-electron chi connectivity index (χ2n) is 5.92. The number of likely N-dealkylation sites (tertiary alicyclic amines) is 1. The number of nitrogens with two attached hydrogens (primary N) is 1. The van der Waals surface area contributed by atoms with Crippen LogP contribution < -0.4 is 11.1 Å². The van der Waals surface area contributed by atoms with Gasteiger partial charge in [0.05, 0.1) is 5.92 Å². The molecular weight excluding hydrogens is 278 g/mol. The normalized spacial score (nSPS) is 18.1. The molecule has 1 aromatic carbocycles. The number of benzene rings is 1. The van der Waals surface area contributed by atoms with Crippen LogP contribution in [0.2, 0.25) is 0 Å². The number of hydrogen-bond donors (Lipinski definition) is 2. The van der Waals surface area contributed by atoms with Gasteiger partial charge < -0.3 is 16.0 Å². The van der Waals surface area contributed by atoms with Gasteiger partial charge in [0.25, 0.3) is 5.91 Å². The Morgan fingerprint density at radius 3 is 2.86 bits per heavy atom. The number of amides is 2. The second-order valence-corrected chi connectivity index (χ2v) is 5.92. The van der Waals surface area contributed by atoms with Crippen molar-refractivity contribution in [1.29, 1.82) is 0 Å². The van der Waals surface area contributed by atoms with Gasteiger partial charge in [0.1, 0.15) is 0 Å². The summed E-state index contributed by atoms with van der Waals surface area (Å²) >= 11 is 0. The van der Waals surface area contributed by atoms with E-state index in [1.807, 2.05) is 32.0 Å². The number of hydrogen-bond acceptors (Lipinski definition) is 3. The first-order chi connectivity index (χ1) is 10.5. The zero-order chi connectivity index (χ0) is 16.1. The van der Waals surface area contributed by atoms with Crippen molar-refractivity contribution in [2.45, 2.75) is 26.7 Å². The lowest BCUT2D eigenvalue weighted by molar-refractivity contribution is -0.126. The molecule has 1 unspecified atom stereocenters. The van der Waals surface area contributed by atoms with Gasteiger partial charge in [-0.1, -0.05) is 12.1 Å².